The smallest absolute Gasteiger partial charge is 0.184 e. The molecule has 1 atom stereocenters. The zero-order chi connectivity index (χ0) is 12.0. The minimum absolute atomic E-state index is 0.174. The van der Waals surface area contributed by atoms with Gasteiger partial charge in [-0.1, -0.05) is 38.1 Å². The highest BCUT2D eigenvalue weighted by Gasteiger charge is 2.01. The average molecular weight is 235 g/mol. The highest BCUT2D eigenvalue weighted by Crippen LogP contribution is 2.18. The molecule has 0 amide bonds. The number of hydrazone groups is 1. The van der Waals surface area contributed by atoms with Crippen LogP contribution in [0.5, 0.6) is 0 Å². The molecule has 86 valence electrons. The molecular weight excluding hydrogens is 218 g/mol. The molecule has 3 nitrogen and oxygen atoms in total. The first-order chi connectivity index (χ1) is 7.63. The van der Waals surface area contributed by atoms with Crippen molar-refractivity contribution in [3.8, 4) is 0 Å². The van der Waals surface area contributed by atoms with Crippen molar-refractivity contribution in [3.05, 3.63) is 35.4 Å². The minimum atomic E-state index is 0.174. The molecule has 0 saturated heterocycles. The van der Waals surface area contributed by atoms with Crippen LogP contribution in [0, 0.1) is 0 Å². The quantitative estimate of drug-likeness (QED) is 0.478. The van der Waals surface area contributed by atoms with Gasteiger partial charge in [0.2, 0.25) is 0 Å². The molecule has 1 aromatic carbocycles. The first kappa shape index (κ1) is 12.6. The van der Waals surface area contributed by atoms with Gasteiger partial charge in [0.1, 0.15) is 0 Å². The number of rotatable bonds is 4. The summed E-state index contributed by atoms with van der Waals surface area (Å²) in [5.41, 5.74) is 10.1. The van der Waals surface area contributed by atoms with E-state index in [-0.39, 0.29) is 5.11 Å². The van der Waals surface area contributed by atoms with Crippen LogP contribution in [0.4, 0.5) is 0 Å². The maximum absolute atomic E-state index is 5.25. The maximum Gasteiger partial charge on any atom is 0.184 e. The fourth-order valence-electron chi connectivity index (χ4n) is 1.32. The maximum atomic E-state index is 5.25. The standard InChI is InChI=1S/C12H17N3S/c1-3-9(2)11-6-4-10(5-7-11)8-14-15-12(13)16/h4-9H,3H2,1-2H3,(H3,13,15,16). The van der Waals surface area contributed by atoms with Crippen LogP contribution >= 0.6 is 12.2 Å². The second kappa shape index (κ2) is 6.23. The Labute approximate surface area is 102 Å². The molecule has 1 unspecified atom stereocenters. The third-order valence-corrected chi connectivity index (χ3v) is 2.60. The van der Waals surface area contributed by atoms with Crippen molar-refractivity contribution in [3.63, 3.8) is 0 Å². The molecule has 1 aromatic rings. The van der Waals surface area contributed by atoms with Gasteiger partial charge in [-0.2, -0.15) is 5.10 Å². The molecule has 3 N–H and O–H groups in total. The Morgan fingerprint density at radius 3 is 2.62 bits per heavy atom. The molecular formula is C12H17N3S. The van der Waals surface area contributed by atoms with Gasteiger partial charge in [-0.3, -0.25) is 5.43 Å². The van der Waals surface area contributed by atoms with E-state index in [9.17, 15) is 0 Å². The lowest BCUT2D eigenvalue weighted by molar-refractivity contribution is 0.733. The molecule has 4 heteroatoms. The van der Waals surface area contributed by atoms with Gasteiger partial charge in [-0.15, -0.1) is 0 Å². The Balaban J connectivity index is 2.64. The van der Waals surface area contributed by atoms with E-state index in [0.29, 0.717) is 5.92 Å². The fourth-order valence-corrected chi connectivity index (χ4v) is 1.37. The zero-order valence-electron chi connectivity index (χ0n) is 9.60. The fraction of sp³-hybridized carbons (Fsp3) is 0.333. The molecule has 0 aromatic heterocycles. The van der Waals surface area contributed by atoms with Crippen LogP contribution in [0.25, 0.3) is 0 Å². The number of nitrogens with two attached hydrogens (primary N) is 1. The van der Waals surface area contributed by atoms with Crippen molar-refractivity contribution in [2.75, 3.05) is 0 Å². The Hall–Kier alpha value is -1.42. The molecule has 0 radical (unpaired) electrons. The number of hydrogen-bond acceptors (Lipinski definition) is 2. The molecule has 0 spiro atoms. The topological polar surface area (TPSA) is 50.4 Å². The second-order valence-corrected chi connectivity index (χ2v) is 4.15. The van der Waals surface area contributed by atoms with Crippen molar-refractivity contribution < 1.29 is 0 Å². The van der Waals surface area contributed by atoms with Crippen molar-refractivity contribution >= 4 is 23.5 Å². The van der Waals surface area contributed by atoms with E-state index in [1.807, 2.05) is 12.1 Å². The number of nitrogens with one attached hydrogen (secondary N) is 1. The lowest BCUT2D eigenvalue weighted by Gasteiger charge is -2.08. The van der Waals surface area contributed by atoms with Crippen molar-refractivity contribution in [2.24, 2.45) is 10.8 Å². The van der Waals surface area contributed by atoms with Crippen molar-refractivity contribution in [2.45, 2.75) is 26.2 Å². The lowest BCUT2D eigenvalue weighted by atomic mass is 9.98. The highest BCUT2D eigenvalue weighted by molar-refractivity contribution is 7.80. The number of hydrogen-bond donors (Lipinski definition) is 2. The van der Waals surface area contributed by atoms with E-state index < -0.39 is 0 Å². The summed E-state index contributed by atoms with van der Waals surface area (Å²) in [4.78, 5) is 0. The van der Waals surface area contributed by atoms with E-state index in [1.54, 1.807) is 6.21 Å². The molecule has 0 aliphatic heterocycles. The largest absolute Gasteiger partial charge is 0.375 e. The van der Waals surface area contributed by atoms with E-state index in [1.165, 1.54) is 5.56 Å². The SMILES string of the molecule is CCC(C)c1ccc(C=NNC(N)=S)cc1. The summed E-state index contributed by atoms with van der Waals surface area (Å²) in [5, 5.41) is 4.07. The Morgan fingerprint density at radius 1 is 1.50 bits per heavy atom. The third kappa shape index (κ3) is 3.98. The summed E-state index contributed by atoms with van der Waals surface area (Å²) in [6.07, 6.45) is 2.84. The Bertz CT molecular complexity index is 370. The molecule has 0 aliphatic carbocycles. The first-order valence-corrected chi connectivity index (χ1v) is 5.72. The number of benzene rings is 1. The molecule has 0 aliphatic rings. The molecule has 0 heterocycles. The lowest BCUT2D eigenvalue weighted by Crippen LogP contribution is -2.23. The van der Waals surface area contributed by atoms with Crippen LogP contribution in [-0.2, 0) is 0 Å². The van der Waals surface area contributed by atoms with Crippen LogP contribution in [0.3, 0.4) is 0 Å². The van der Waals surface area contributed by atoms with E-state index in [4.69, 9.17) is 5.73 Å². The van der Waals surface area contributed by atoms with Gasteiger partial charge >= 0.3 is 0 Å². The van der Waals surface area contributed by atoms with Crippen molar-refractivity contribution in [1.82, 2.24) is 5.43 Å². The predicted octanol–water partition coefficient (Wildman–Crippen LogP) is 2.37. The molecule has 0 bridgehead atoms. The van der Waals surface area contributed by atoms with E-state index in [2.05, 4.69) is 48.7 Å². The average Bonchev–Trinajstić information content (AvgIpc) is 2.28. The van der Waals surface area contributed by atoms with Crippen LogP contribution in [0.1, 0.15) is 37.3 Å². The summed E-state index contributed by atoms with van der Waals surface area (Å²) in [6, 6.07) is 8.31. The summed E-state index contributed by atoms with van der Waals surface area (Å²) >= 11 is 4.63. The van der Waals surface area contributed by atoms with Gasteiger partial charge < -0.3 is 5.73 Å². The highest BCUT2D eigenvalue weighted by atomic mass is 32.1. The first-order valence-electron chi connectivity index (χ1n) is 5.32. The van der Waals surface area contributed by atoms with Crippen LogP contribution in [0.15, 0.2) is 29.4 Å². The second-order valence-electron chi connectivity index (χ2n) is 3.71. The minimum Gasteiger partial charge on any atom is -0.375 e. The number of thiocarbonyl (C=S) groups is 1. The molecule has 0 saturated carbocycles. The third-order valence-electron chi connectivity index (χ3n) is 2.51. The Kier molecular flexibility index (Phi) is 4.92. The van der Waals surface area contributed by atoms with Gasteiger partial charge in [0, 0.05) is 0 Å². The van der Waals surface area contributed by atoms with Gasteiger partial charge in [-0.25, -0.2) is 0 Å². The van der Waals surface area contributed by atoms with Crippen LogP contribution in [0.2, 0.25) is 0 Å². The number of nitrogens with zero attached hydrogens (tertiary/aromatic N) is 1. The normalized spacial score (nSPS) is 12.6. The summed E-state index contributed by atoms with van der Waals surface area (Å²) < 4.78 is 0. The predicted molar refractivity (Wildman–Crippen MR) is 72.7 cm³/mol. The summed E-state index contributed by atoms with van der Waals surface area (Å²) in [6.45, 7) is 4.41. The summed E-state index contributed by atoms with van der Waals surface area (Å²) in [7, 11) is 0. The van der Waals surface area contributed by atoms with Crippen molar-refractivity contribution in [1.29, 1.82) is 0 Å². The van der Waals surface area contributed by atoms with E-state index >= 15 is 0 Å². The van der Waals surface area contributed by atoms with Crippen LogP contribution < -0.4 is 11.2 Å². The summed E-state index contributed by atoms with van der Waals surface area (Å²) in [5.74, 6) is 0.598. The monoisotopic (exact) mass is 235 g/mol. The molecule has 0 fully saturated rings. The van der Waals surface area contributed by atoms with E-state index in [0.717, 1.165) is 12.0 Å². The van der Waals surface area contributed by atoms with Gasteiger partial charge in [-0.05, 0) is 35.7 Å². The molecule has 16 heavy (non-hydrogen) atoms. The zero-order valence-corrected chi connectivity index (χ0v) is 10.4. The van der Waals surface area contributed by atoms with Gasteiger partial charge in [0.05, 0.1) is 6.21 Å². The van der Waals surface area contributed by atoms with Gasteiger partial charge in [0.15, 0.2) is 5.11 Å². The molecule has 1 rings (SSSR count). The Morgan fingerprint density at radius 2 is 2.12 bits per heavy atom. The van der Waals surface area contributed by atoms with Gasteiger partial charge in [0.25, 0.3) is 0 Å². The van der Waals surface area contributed by atoms with Crippen LogP contribution in [-0.4, -0.2) is 11.3 Å².